The van der Waals surface area contributed by atoms with Gasteiger partial charge in [0.2, 0.25) is 11.8 Å². The second kappa shape index (κ2) is 6.77. The molecular weight excluding hydrogens is 374 g/mol. The van der Waals surface area contributed by atoms with Gasteiger partial charge < -0.3 is 4.90 Å². The van der Waals surface area contributed by atoms with E-state index in [1.165, 1.54) is 17.0 Å². The highest BCUT2D eigenvalue weighted by atomic mass is 32.2. The quantitative estimate of drug-likeness (QED) is 0.822. The van der Waals surface area contributed by atoms with E-state index in [0.717, 1.165) is 17.8 Å². The zero-order valence-corrected chi connectivity index (χ0v) is 14.8. The predicted octanol–water partition coefficient (Wildman–Crippen LogP) is 2.88. The molecule has 8 heteroatoms. The minimum atomic E-state index is -0.706. The van der Waals surface area contributed by atoms with Crippen molar-refractivity contribution in [3.05, 3.63) is 59.2 Å². The smallest absolute Gasteiger partial charge is 0.255 e. The summed E-state index contributed by atoms with van der Waals surface area (Å²) >= 11 is 1.10. The van der Waals surface area contributed by atoms with Crippen LogP contribution in [0, 0.1) is 11.6 Å². The molecule has 1 atom stereocenters. The molecule has 0 bridgehead atoms. The summed E-state index contributed by atoms with van der Waals surface area (Å²) in [5.41, 5.74) is 1.15. The van der Waals surface area contributed by atoms with Gasteiger partial charge in [-0.2, -0.15) is 0 Å². The molecule has 1 saturated heterocycles. The van der Waals surface area contributed by atoms with E-state index in [1.54, 1.807) is 18.2 Å². The number of amides is 3. The molecule has 1 N–H and O–H groups in total. The molecule has 1 fully saturated rings. The summed E-state index contributed by atoms with van der Waals surface area (Å²) in [7, 11) is 0. The van der Waals surface area contributed by atoms with Crippen LogP contribution in [0.1, 0.15) is 28.8 Å². The fourth-order valence-corrected chi connectivity index (χ4v) is 4.30. The average molecular weight is 388 g/mol. The first-order chi connectivity index (χ1) is 12.9. The van der Waals surface area contributed by atoms with Gasteiger partial charge in [-0.25, -0.2) is 8.78 Å². The van der Waals surface area contributed by atoms with E-state index in [1.807, 2.05) is 0 Å². The number of rotatable bonds is 3. The van der Waals surface area contributed by atoms with E-state index < -0.39 is 23.6 Å². The van der Waals surface area contributed by atoms with Crippen LogP contribution in [0.15, 0.2) is 46.2 Å². The third-order valence-electron chi connectivity index (χ3n) is 4.65. The molecule has 0 aliphatic carbocycles. The van der Waals surface area contributed by atoms with Gasteiger partial charge in [0.25, 0.3) is 5.91 Å². The predicted molar refractivity (Wildman–Crippen MR) is 93.0 cm³/mol. The second-order valence-electron chi connectivity index (χ2n) is 6.36. The van der Waals surface area contributed by atoms with Crippen LogP contribution in [-0.4, -0.2) is 28.7 Å². The summed E-state index contributed by atoms with van der Waals surface area (Å²) in [4.78, 5) is 38.6. The number of piperidine rings is 1. The summed E-state index contributed by atoms with van der Waals surface area (Å²) in [6.45, 7) is 0.201. The molecule has 2 heterocycles. The van der Waals surface area contributed by atoms with Gasteiger partial charge in [-0.3, -0.25) is 19.7 Å². The average Bonchev–Trinajstić information content (AvgIpc) is 2.95. The van der Waals surface area contributed by atoms with E-state index >= 15 is 0 Å². The number of nitrogens with one attached hydrogen (secondary N) is 1. The van der Waals surface area contributed by atoms with E-state index in [9.17, 15) is 23.2 Å². The lowest BCUT2D eigenvalue weighted by molar-refractivity contribution is -0.136. The molecule has 0 saturated carbocycles. The molecule has 0 aromatic heterocycles. The van der Waals surface area contributed by atoms with Crippen molar-refractivity contribution in [1.82, 2.24) is 10.2 Å². The molecule has 3 amide bonds. The largest absolute Gasteiger partial charge is 0.322 e. The topological polar surface area (TPSA) is 66.5 Å². The Morgan fingerprint density at radius 2 is 1.89 bits per heavy atom. The number of carbonyl (C=O) groups is 3. The van der Waals surface area contributed by atoms with Gasteiger partial charge >= 0.3 is 0 Å². The van der Waals surface area contributed by atoms with Crippen LogP contribution < -0.4 is 5.32 Å². The zero-order valence-electron chi connectivity index (χ0n) is 14.0. The van der Waals surface area contributed by atoms with Gasteiger partial charge in [0, 0.05) is 34.4 Å². The highest BCUT2D eigenvalue weighted by molar-refractivity contribution is 7.99. The van der Waals surface area contributed by atoms with Crippen molar-refractivity contribution >= 4 is 29.5 Å². The molecule has 2 aliphatic heterocycles. The standard InChI is InChI=1S/C19H14F2N2O3S/c20-10-4-6-16(13(21)8-10)27-15-3-1-2-11-12(15)9-23(19(11)26)14-5-7-17(24)22-18(14)25/h1-4,6,8,14H,5,7,9H2,(H,22,24,25). The van der Waals surface area contributed by atoms with Crippen LogP contribution in [0.3, 0.4) is 0 Å². The van der Waals surface area contributed by atoms with Crippen LogP contribution in [0.5, 0.6) is 0 Å². The Hall–Kier alpha value is -2.74. The SMILES string of the molecule is O=C1CCC(N2Cc3c(Sc4ccc(F)cc4F)cccc3C2=O)C(=O)N1. The highest BCUT2D eigenvalue weighted by Gasteiger charge is 2.39. The first-order valence-corrected chi connectivity index (χ1v) is 9.15. The van der Waals surface area contributed by atoms with Gasteiger partial charge in [0.15, 0.2) is 0 Å². The Balaban J connectivity index is 1.63. The Morgan fingerprint density at radius 3 is 2.63 bits per heavy atom. The molecular formula is C19H14F2N2O3S. The second-order valence-corrected chi connectivity index (χ2v) is 7.44. The van der Waals surface area contributed by atoms with Gasteiger partial charge in [-0.1, -0.05) is 17.8 Å². The Morgan fingerprint density at radius 1 is 1.07 bits per heavy atom. The summed E-state index contributed by atoms with van der Waals surface area (Å²) in [6, 6.07) is 7.74. The van der Waals surface area contributed by atoms with Crippen LogP contribution in [-0.2, 0) is 16.1 Å². The molecule has 27 heavy (non-hydrogen) atoms. The number of imide groups is 1. The minimum absolute atomic E-state index is 0.179. The summed E-state index contributed by atoms with van der Waals surface area (Å²) < 4.78 is 27.1. The molecule has 2 aliphatic rings. The first-order valence-electron chi connectivity index (χ1n) is 8.33. The van der Waals surface area contributed by atoms with Gasteiger partial charge in [-0.05, 0) is 36.2 Å². The van der Waals surface area contributed by atoms with Crippen LogP contribution >= 0.6 is 11.8 Å². The third kappa shape index (κ3) is 3.21. The number of carbonyl (C=O) groups excluding carboxylic acids is 3. The van der Waals surface area contributed by atoms with E-state index in [0.29, 0.717) is 16.0 Å². The third-order valence-corrected chi connectivity index (χ3v) is 5.81. The zero-order chi connectivity index (χ0) is 19.1. The highest BCUT2D eigenvalue weighted by Crippen LogP contribution is 2.38. The van der Waals surface area contributed by atoms with Crippen molar-refractivity contribution in [1.29, 1.82) is 0 Å². The summed E-state index contributed by atoms with van der Waals surface area (Å²) in [6.07, 6.45) is 0.457. The van der Waals surface area contributed by atoms with Crippen molar-refractivity contribution in [3.8, 4) is 0 Å². The molecule has 0 spiro atoms. The normalized spacial score (nSPS) is 19.3. The maximum Gasteiger partial charge on any atom is 0.255 e. The van der Waals surface area contributed by atoms with E-state index in [4.69, 9.17) is 0 Å². The summed E-state index contributed by atoms with van der Waals surface area (Å²) in [5, 5.41) is 2.26. The minimum Gasteiger partial charge on any atom is -0.322 e. The van der Waals surface area contributed by atoms with Crippen LogP contribution in [0.2, 0.25) is 0 Å². The lowest BCUT2D eigenvalue weighted by Crippen LogP contribution is -2.52. The number of benzene rings is 2. The Bertz CT molecular complexity index is 979. The monoisotopic (exact) mass is 388 g/mol. The van der Waals surface area contributed by atoms with E-state index in [2.05, 4.69) is 5.32 Å². The lowest BCUT2D eigenvalue weighted by Gasteiger charge is -2.29. The summed E-state index contributed by atoms with van der Waals surface area (Å²) in [5.74, 6) is -2.45. The van der Waals surface area contributed by atoms with Crippen molar-refractivity contribution in [2.75, 3.05) is 0 Å². The fraction of sp³-hybridized carbons (Fsp3) is 0.211. The van der Waals surface area contributed by atoms with Gasteiger partial charge in [-0.15, -0.1) is 0 Å². The van der Waals surface area contributed by atoms with Gasteiger partial charge in [0.05, 0.1) is 0 Å². The number of halogens is 2. The number of nitrogens with zero attached hydrogens (tertiary/aromatic N) is 1. The Labute approximate surface area is 157 Å². The maximum atomic E-state index is 14.0. The van der Waals surface area contributed by atoms with Crippen molar-refractivity contribution in [3.63, 3.8) is 0 Å². The van der Waals surface area contributed by atoms with Crippen molar-refractivity contribution in [2.24, 2.45) is 0 Å². The van der Waals surface area contributed by atoms with Gasteiger partial charge in [0.1, 0.15) is 17.7 Å². The van der Waals surface area contributed by atoms with E-state index in [-0.39, 0.29) is 36.1 Å². The van der Waals surface area contributed by atoms with Crippen molar-refractivity contribution < 1.29 is 23.2 Å². The fourth-order valence-electron chi connectivity index (χ4n) is 3.33. The van der Waals surface area contributed by atoms with Crippen LogP contribution in [0.25, 0.3) is 0 Å². The van der Waals surface area contributed by atoms with Crippen molar-refractivity contribution in [2.45, 2.75) is 35.2 Å². The molecule has 138 valence electrons. The maximum absolute atomic E-state index is 14.0. The molecule has 4 rings (SSSR count). The lowest BCUT2D eigenvalue weighted by atomic mass is 10.0. The molecule has 2 aromatic rings. The molecule has 2 aromatic carbocycles. The number of hydrogen-bond acceptors (Lipinski definition) is 4. The number of hydrogen-bond donors (Lipinski definition) is 1. The Kier molecular flexibility index (Phi) is 4.43. The van der Waals surface area contributed by atoms with Crippen LogP contribution in [0.4, 0.5) is 8.78 Å². The molecule has 5 nitrogen and oxygen atoms in total. The molecule has 1 unspecified atom stereocenters. The molecule has 0 radical (unpaired) electrons. The number of fused-ring (bicyclic) bond motifs is 1. The first kappa shape index (κ1) is 17.7.